The number of hydrogen-bond acceptors (Lipinski definition) is 4. The number of nitro benzene ring substituents is 1. The quantitative estimate of drug-likeness (QED) is 0.650. The van der Waals surface area contributed by atoms with Crippen LogP contribution in [0.2, 0.25) is 0 Å². The molecule has 22 heavy (non-hydrogen) atoms. The van der Waals surface area contributed by atoms with E-state index >= 15 is 0 Å². The van der Waals surface area contributed by atoms with E-state index in [4.69, 9.17) is 0 Å². The van der Waals surface area contributed by atoms with Crippen molar-refractivity contribution in [2.45, 2.75) is 12.7 Å². The van der Waals surface area contributed by atoms with Gasteiger partial charge in [-0.05, 0) is 24.6 Å². The Morgan fingerprint density at radius 1 is 1.23 bits per heavy atom. The molecule has 0 fully saturated rings. The van der Waals surface area contributed by atoms with Crippen molar-refractivity contribution in [2.24, 2.45) is 0 Å². The number of nitro groups is 1. The second kappa shape index (κ2) is 7.61. The van der Waals surface area contributed by atoms with E-state index in [1.807, 2.05) is 37.3 Å². The minimum absolute atomic E-state index is 0.0715. The summed E-state index contributed by atoms with van der Waals surface area (Å²) < 4.78 is 0. The maximum absolute atomic E-state index is 11.8. The average Bonchev–Trinajstić information content (AvgIpc) is 2.50. The van der Waals surface area contributed by atoms with Gasteiger partial charge in [0.05, 0.1) is 10.7 Å². The Bertz CT molecular complexity index is 671. The Balaban J connectivity index is 1.80. The molecule has 114 valence electrons. The van der Waals surface area contributed by atoms with Crippen molar-refractivity contribution >= 4 is 29.0 Å². The highest BCUT2D eigenvalue weighted by Gasteiger charge is 2.07. The smallest absolute Gasteiger partial charge is 0.269 e. The summed E-state index contributed by atoms with van der Waals surface area (Å²) in [6.45, 7) is 1.99. The number of nitrogens with one attached hydrogen (secondary N) is 1. The number of non-ortho nitro benzene ring substituents is 1. The van der Waals surface area contributed by atoms with Crippen LogP contribution in [0.5, 0.6) is 0 Å². The summed E-state index contributed by atoms with van der Waals surface area (Å²) >= 11 is 1.42. The third-order valence-electron chi connectivity index (χ3n) is 2.96. The van der Waals surface area contributed by atoms with Gasteiger partial charge in [0.15, 0.2) is 0 Å². The number of anilines is 1. The predicted octanol–water partition coefficient (Wildman–Crippen LogP) is 3.78. The van der Waals surface area contributed by atoms with Gasteiger partial charge in [-0.15, -0.1) is 11.8 Å². The zero-order valence-corrected chi connectivity index (χ0v) is 12.9. The van der Waals surface area contributed by atoms with E-state index in [2.05, 4.69) is 5.32 Å². The second-order valence-electron chi connectivity index (χ2n) is 4.83. The van der Waals surface area contributed by atoms with Crippen LogP contribution in [-0.4, -0.2) is 16.6 Å². The summed E-state index contributed by atoms with van der Waals surface area (Å²) in [5.41, 5.74) is 2.81. The van der Waals surface area contributed by atoms with Gasteiger partial charge < -0.3 is 5.32 Å². The van der Waals surface area contributed by atoms with Gasteiger partial charge in [-0.2, -0.15) is 0 Å². The van der Waals surface area contributed by atoms with Crippen LogP contribution in [0.3, 0.4) is 0 Å². The van der Waals surface area contributed by atoms with Gasteiger partial charge in [0.2, 0.25) is 5.91 Å². The molecule has 5 nitrogen and oxygen atoms in total. The van der Waals surface area contributed by atoms with Crippen LogP contribution in [0.4, 0.5) is 11.4 Å². The Hall–Kier alpha value is -2.34. The maximum atomic E-state index is 11.8. The monoisotopic (exact) mass is 316 g/mol. The first-order chi connectivity index (χ1) is 10.5. The number of thioether (sulfide) groups is 1. The van der Waals surface area contributed by atoms with E-state index in [-0.39, 0.29) is 11.6 Å². The minimum Gasteiger partial charge on any atom is -0.325 e. The van der Waals surface area contributed by atoms with Crippen LogP contribution in [0.15, 0.2) is 48.5 Å². The fraction of sp³-hybridized carbons (Fsp3) is 0.188. The van der Waals surface area contributed by atoms with Crippen molar-refractivity contribution in [1.82, 2.24) is 0 Å². The van der Waals surface area contributed by atoms with E-state index < -0.39 is 4.92 Å². The van der Waals surface area contributed by atoms with Crippen LogP contribution in [0.25, 0.3) is 0 Å². The molecule has 0 radical (unpaired) electrons. The molecule has 0 aromatic heterocycles. The molecule has 0 atom stereocenters. The summed E-state index contributed by atoms with van der Waals surface area (Å²) in [7, 11) is 0. The summed E-state index contributed by atoms with van der Waals surface area (Å²) in [6.07, 6.45) is 0. The van der Waals surface area contributed by atoms with Crippen LogP contribution in [0.1, 0.15) is 11.1 Å². The lowest BCUT2D eigenvalue weighted by atomic mass is 10.2. The molecule has 1 N–H and O–H groups in total. The molecule has 0 saturated heterocycles. The highest BCUT2D eigenvalue weighted by molar-refractivity contribution is 7.99. The molecule has 6 heteroatoms. The second-order valence-corrected chi connectivity index (χ2v) is 5.82. The van der Waals surface area contributed by atoms with Crippen molar-refractivity contribution < 1.29 is 9.72 Å². The summed E-state index contributed by atoms with van der Waals surface area (Å²) in [6, 6.07) is 14.1. The van der Waals surface area contributed by atoms with E-state index in [0.717, 1.165) is 16.8 Å². The topological polar surface area (TPSA) is 72.2 Å². The molecule has 0 aliphatic heterocycles. The highest BCUT2D eigenvalue weighted by Crippen LogP contribution is 2.18. The summed E-state index contributed by atoms with van der Waals surface area (Å²) in [4.78, 5) is 22.1. The first-order valence-corrected chi connectivity index (χ1v) is 7.87. The summed E-state index contributed by atoms with van der Waals surface area (Å²) in [5.74, 6) is 0.777. The summed E-state index contributed by atoms with van der Waals surface area (Å²) in [5, 5.41) is 13.5. The number of hydrogen-bond donors (Lipinski definition) is 1. The molecule has 0 saturated carbocycles. The zero-order valence-electron chi connectivity index (χ0n) is 12.1. The number of carbonyl (C=O) groups is 1. The molecule has 2 aromatic rings. The largest absolute Gasteiger partial charge is 0.325 e. The number of carbonyl (C=O) groups excluding carboxylic acids is 1. The van der Waals surface area contributed by atoms with Gasteiger partial charge in [-0.25, -0.2) is 0 Å². The van der Waals surface area contributed by atoms with E-state index in [1.54, 1.807) is 6.07 Å². The third kappa shape index (κ3) is 4.89. The van der Waals surface area contributed by atoms with Crippen molar-refractivity contribution in [3.05, 3.63) is 69.8 Å². The molecule has 0 heterocycles. The maximum Gasteiger partial charge on any atom is 0.269 e. The molecule has 0 bridgehead atoms. The lowest BCUT2D eigenvalue weighted by molar-refractivity contribution is -0.384. The fourth-order valence-electron chi connectivity index (χ4n) is 1.86. The Morgan fingerprint density at radius 3 is 2.64 bits per heavy atom. The Kier molecular flexibility index (Phi) is 5.55. The average molecular weight is 316 g/mol. The first-order valence-electron chi connectivity index (χ1n) is 6.72. The van der Waals surface area contributed by atoms with E-state index in [0.29, 0.717) is 11.5 Å². The van der Waals surface area contributed by atoms with Crippen molar-refractivity contribution in [1.29, 1.82) is 0 Å². The van der Waals surface area contributed by atoms with E-state index in [1.165, 1.54) is 23.9 Å². The molecule has 0 spiro atoms. The molecule has 2 rings (SSSR count). The van der Waals surface area contributed by atoms with Gasteiger partial charge in [0.1, 0.15) is 0 Å². The third-order valence-corrected chi connectivity index (χ3v) is 3.96. The number of amides is 1. The number of aryl methyl sites for hydroxylation is 1. The normalized spacial score (nSPS) is 10.2. The number of rotatable bonds is 6. The Labute approximate surface area is 132 Å². The van der Waals surface area contributed by atoms with Gasteiger partial charge in [0.25, 0.3) is 5.69 Å². The molecule has 1 amide bonds. The molecule has 0 unspecified atom stereocenters. The number of nitrogens with zero attached hydrogens (tertiary/aromatic N) is 1. The van der Waals surface area contributed by atoms with Crippen LogP contribution < -0.4 is 5.32 Å². The van der Waals surface area contributed by atoms with Gasteiger partial charge in [0, 0.05) is 23.6 Å². The SMILES string of the molecule is Cc1ccc(NC(=O)CSCc2cccc([N+](=O)[O-])c2)cc1. The molecule has 0 aliphatic carbocycles. The number of benzene rings is 2. The molecular formula is C16H16N2O3S. The van der Waals surface area contributed by atoms with Crippen LogP contribution >= 0.6 is 11.8 Å². The van der Waals surface area contributed by atoms with Crippen molar-refractivity contribution in [3.63, 3.8) is 0 Å². The molecule has 0 aliphatic rings. The zero-order chi connectivity index (χ0) is 15.9. The van der Waals surface area contributed by atoms with Gasteiger partial charge >= 0.3 is 0 Å². The first kappa shape index (κ1) is 16.0. The standard InChI is InChI=1S/C16H16N2O3S/c1-12-5-7-14(8-6-12)17-16(19)11-22-10-13-3-2-4-15(9-13)18(20)21/h2-9H,10-11H2,1H3,(H,17,19). The van der Waals surface area contributed by atoms with Gasteiger partial charge in [-0.3, -0.25) is 14.9 Å². The minimum atomic E-state index is -0.418. The lowest BCUT2D eigenvalue weighted by Crippen LogP contribution is -2.14. The van der Waals surface area contributed by atoms with E-state index in [9.17, 15) is 14.9 Å². The molecular weight excluding hydrogens is 300 g/mol. The fourth-order valence-corrected chi connectivity index (χ4v) is 2.63. The Morgan fingerprint density at radius 2 is 1.95 bits per heavy atom. The highest BCUT2D eigenvalue weighted by atomic mass is 32.2. The predicted molar refractivity (Wildman–Crippen MR) is 89.1 cm³/mol. The van der Waals surface area contributed by atoms with Crippen LogP contribution in [0, 0.1) is 17.0 Å². The molecule has 2 aromatic carbocycles. The van der Waals surface area contributed by atoms with Gasteiger partial charge in [-0.1, -0.05) is 29.8 Å². The van der Waals surface area contributed by atoms with Crippen molar-refractivity contribution in [3.8, 4) is 0 Å². The van der Waals surface area contributed by atoms with Crippen LogP contribution in [-0.2, 0) is 10.5 Å². The lowest BCUT2D eigenvalue weighted by Gasteiger charge is -2.05. The van der Waals surface area contributed by atoms with Crippen molar-refractivity contribution in [2.75, 3.05) is 11.1 Å².